The number of carbonyl (C=O) groups is 3. The summed E-state index contributed by atoms with van der Waals surface area (Å²) in [6, 6.07) is 15.4. The van der Waals surface area contributed by atoms with Crippen molar-refractivity contribution >= 4 is 29.1 Å². The highest BCUT2D eigenvalue weighted by atomic mass is 16.5. The number of esters is 1. The second kappa shape index (κ2) is 10.4. The zero-order chi connectivity index (χ0) is 25.8. The number of aromatic nitrogens is 1. The molecule has 1 N–H and O–H groups in total. The molecule has 1 aliphatic heterocycles. The van der Waals surface area contributed by atoms with E-state index in [9.17, 15) is 19.5 Å². The van der Waals surface area contributed by atoms with Crippen LogP contribution in [0.5, 0.6) is 5.75 Å². The quantitative estimate of drug-likeness (QED) is 0.224. The number of Topliss-reactive ketones (excluding diaryl/α,β-unsaturated/α-hetero) is 1. The summed E-state index contributed by atoms with van der Waals surface area (Å²) in [7, 11) is 0. The van der Waals surface area contributed by atoms with Crippen LogP contribution >= 0.6 is 0 Å². The molecule has 0 aliphatic carbocycles. The smallest absolute Gasteiger partial charge is 0.338 e. The lowest BCUT2D eigenvalue weighted by Gasteiger charge is -2.25. The number of nitrogens with zero attached hydrogens (tertiary/aromatic N) is 2. The Morgan fingerprint density at radius 2 is 1.72 bits per heavy atom. The third-order valence-corrected chi connectivity index (χ3v) is 5.59. The van der Waals surface area contributed by atoms with Crippen LogP contribution in [0.2, 0.25) is 0 Å². The van der Waals surface area contributed by atoms with Crippen LogP contribution in [0, 0.1) is 0 Å². The summed E-state index contributed by atoms with van der Waals surface area (Å²) in [6.45, 7) is 5.75. The minimum atomic E-state index is -0.944. The van der Waals surface area contributed by atoms with E-state index in [1.165, 1.54) is 11.0 Å². The minimum Gasteiger partial charge on any atom is -0.507 e. The van der Waals surface area contributed by atoms with Gasteiger partial charge < -0.3 is 14.6 Å². The first-order chi connectivity index (χ1) is 17.3. The Kier molecular flexibility index (Phi) is 7.15. The lowest BCUT2D eigenvalue weighted by Crippen LogP contribution is -2.29. The zero-order valence-corrected chi connectivity index (χ0v) is 20.2. The Morgan fingerprint density at radius 1 is 1.03 bits per heavy atom. The second-order valence-electron chi connectivity index (χ2n) is 8.41. The molecular weight excluding hydrogens is 460 g/mol. The number of pyridine rings is 1. The van der Waals surface area contributed by atoms with E-state index in [0.29, 0.717) is 29.2 Å². The van der Waals surface area contributed by atoms with Crippen molar-refractivity contribution < 1.29 is 29.0 Å². The third kappa shape index (κ3) is 4.84. The number of aliphatic hydroxyl groups is 1. The maximum atomic E-state index is 13.3. The van der Waals surface area contributed by atoms with Gasteiger partial charge in [0.15, 0.2) is 0 Å². The fraction of sp³-hybridized carbons (Fsp3) is 0.214. The highest BCUT2D eigenvalue weighted by molar-refractivity contribution is 6.51. The monoisotopic (exact) mass is 486 g/mol. The van der Waals surface area contributed by atoms with E-state index in [1.807, 2.05) is 6.92 Å². The van der Waals surface area contributed by atoms with Crippen molar-refractivity contribution in [3.63, 3.8) is 0 Å². The van der Waals surface area contributed by atoms with Crippen molar-refractivity contribution in [3.05, 3.63) is 95.3 Å². The molecule has 1 saturated heterocycles. The number of ether oxygens (including phenoxy) is 2. The van der Waals surface area contributed by atoms with Gasteiger partial charge in [0.25, 0.3) is 11.7 Å². The van der Waals surface area contributed by atoms with Crippen molar-refractivity contribution in [1.82, 2.24) is 4.98 Å². The normalized spacial score (nSPS) is 16.9. The molecule has 1 atom stereocenters. The summed E-state index contributed by atoms with van der Waals surface area (Å²) in [5, 5.41) is 11.3. The molecule has 1 unspecified atom stereocenters. The number of aliphatic hydroxyl groups excluding tert-OH is 1. The molecule has 2 aromatic carbocycles. The van der Waals surface area contributed by atoms with Gasteiger partial charge in [0.1, 0.15) is 11.5 Å². The average molecular weight is 487 g/mol. The Morgan fingerprint density at radius 3 is 2.42 bits per heavy atom. The summed E-state index contributed by atoms with van der Waals surface area (Å²) in [5.41, 5.74) is 1.39. The van der Waals surface area contributed by atoms with E-state index >= 15 is 0 Å². The second-order valence-corrected chi connectivity index (χ2v) is 8.41. The molecule has 1 fully saturated rings. The van der Waals surface area contributed by atoms with E-state index in [2.05, 4.69) is 4.98 Å². The topological polar surface area (TPSA) is 106 Å². The molecule has 0 spiro atoms. The molecule has 1 amide bonds. The molecule has 0 radical (unpaired) electrons. The van der Waals surface area contributed by atoms with Crippen molar-refractivity contribution in [1.29, 1.82) is 0 Å². The number of rotatable bonds is 7. The minimum absolute atomic E-state index is 0.0741. The molecule has 36 heavy (non-hydrogen) atoms. The van der Waals surface area contributed by atoms with Gasteiger partial charge in [-0.05, 0) is 68.8 Å². The van der Waals surface area contributed by atoms with Gasteiger partial charge in [-0.1, -0.05) is 18.2 Å². The molecule has 8 heteroatoms. The van der Waals surface area contributed by atoms with E-state index in [1.54, 1.807) is 80.8 Å². The fourth-order valence-electron chi connectivity index (χ4n) is 4.08. The van der Waals surface area contributed by atoms with Crippen LogP contribution in [-0.2, 0) is 14.3 Å². The van der Waals surface area contributed by atoms with Gasteiger partial charge in [0.2, 0.25) is 0 Å². The van der Waals surface area contributed by atoms with Crippen LogP contribution in [0.1, 0.15) is 48.3 Å². The summed E-state index contributed by atoms with van der Waals surface area (Å²) in [5.74, 6) is -2.01. The third-order valence-electron chi connectivity index (χ3n) is 5.59. The molecule has 8 nitrogen and oxygen atoms in total. The maximum absolute atomic E-state index is 13.3. The first-order valence-electron chi connectivity index (χ1n) is 11.6. The number of benzene rings is 2. The van der Waals surface area contributed by atoms with Crippen molar-refractivity contribution in [2.45, 2.75) is 32.9 Å². The molecule has 1 aliphatic rings. The van der Waals surface area contributed by atoms with Crippen LogP contribution in [0.25, 0.3) is 5.76 Å². The van der Waals surface area contributed by atoms with Gasteiger partial charge in [-0.2, -0.15) is 0 Å². The Balaban J connectivity index is 1.86. The number of hydrogen-bond donors (Lipinski definition) is 1. The summed E-state index contributed by atoms with van der Waals surface area (Å²) in [6.07, 6.45) is 2.77. The standard InChI is InChI=1S/C28H26N2O6/c1-4-35-22-10-6-7-19(16-22)25(31)23-24(18-11-13-29-14-12-18)30(27(33)26(23)32)21-9-5-8-20(15-21)28(34)36-17(2)3/h5-17,24,31H,4H2,1-3H3/b25-23+. The Hall–Kier alpha value is -4.46. The molecular formula is C28H26N2O6. The van der Waals surface area contributed by atoms with Crippen LogP contribution in [0.3, 0.4) is 0 Å². The SMILES string of the molecule is CCOc1cccc(/C(O)=C2\C(=O)C(=O)N(c3cccc(C(=O)OC(C)C)c3)C2c2ccncc2)c1. The largest absolute Gasteiger partial charge is 0.507 e. The number of amides is 1. The maximum Gasteiger partial charge on any atom is 0.338 e. The number of anilines is 1. The van der Waals surface area contributed by atoms with Gasteiger partial charge >= 0.3 is 5.97 Å². The van der Waals surface area contributed by atoms with Gasteiger partial charge in [-0.25, -0.2) is 4.79 Å². The van der Waals surface area contributed by atoms with Gasteiger partial charge in [0.05, 0.1) is 29.9 Å². The predicted molar refractivity (Wildman–Crippen MR) is 134 cm³/mol. The molecule has 2 heterocycles. The van der Waals surface area contributed by atoms with Crippen LogP contribution < -0.4 is 9.64 Å². The zero-order valence-electron chi connectivity index (χ0n) is 20.2. The number of ketones is 1. The fourth-order valence-corrected chi connectivity index (χ4v) is 4.08. The van der Waals surface area contributed by atoms with Crippen LogP contribution in [0.15, 0.2) is 78.6 Å². The number of carbonyl (C=O) groups excluding carboxylic acids is 3. The van der Waals surface area contributed by atoms with Gasteiger partial charge in [-0.15, -0.1) is 0 Å². The molecule has 0 bridgehead atoms. The van der Waals surface area contributed by atoms with Crippen molar-refractivity contribution in [3.8, 4) is 5.75 Å². The summed E-state index contributed by atoms with van der Waals surface area (Å²) in [4.78, 5) is 44.5. The Labute approximate surface area is 208 Å². The highest BCUT2D eigenvalue weighted by Crippen LogP contribution is 2.42. The van der Waals surface area contributed by atoms with E-state index < -0.39 is 23.7 Å². The van der Waals surface area contributed by atoms with E-state index in [4.69, 9.17) is 9.47 Å². The number of hydrogen-bond acceptors (Lipinski definition) is 7. The predicted octanol–water partition coefficient (Wildman–Crippen LogP) is 4.67. The van der Waals surface area contributed by atoms with Crippen LogP contribution in [-0.4, -0.2) is 40.5 Å². The van der Waals surface area contributed by atoms with E-state index in [0.717, 1.165) is 0 Å². The highest BCUT2D eigenvalue weighted by Gasteiger charge is 2.47. The van der Waals surface area contributed by atoms with Crippen molar-refractivity contribution in [2.75, 3.05) is 11.5 Å². The van der Waals surface area contributed by atoms with Gasteiger partial charge in [0, 0.05) is 23.6 Å². The Bertz CT molecular complexity index is 1330. The molecule has 0 saturated carbocycles. The molecule has 184 valence electrons. The van der Waals surface area contributed by atoms with Crippen molar-refractivity contribution in [2.24, 2.45) is 0 Å². The van der Waals surface area contributed by atoms with Gasteiger partial charge in [-0.3, -0.25) is 19.5 Å². The first kappa shape index (κ1) is 24.7. The average Bonchev–Trinajstić information content (AvgIpc) is 3.14. The lowest BCUT2D eigenvalue weighted by atomic mass is 9.95. The summed E-state index contributed by atoms with van der Waals surface area (Å²) < 4.78 is 10.8. The van der Waals surface area contributed by atoms with E-state index in [-0.39, 0.29) is 23.0 Å². The molecule has 1 aromatic heterocycles. The van der Waals surface area contributed by atoms with Crippen LogP contribution in [0.4, 0.5) is 5.69 Å². The molecule has 4 rings (SSSR count). The molecule has 3 aromatic rings. The lowest BCUT2D eigenvalue weighted by molar-refractivity contribution is -0.132. The first-order valence-corrected chi connectivity index (χ1v) is 11.6. The summed E-state index contributed by atoms with van der Waals surface area (Å²) >= 11 is 0.